The molecule has 13 heavy (non-hydrogen) atoms. The van der Waals surface area contributed by atoms with E-state index in [0.717, 1.165) is 0 Å². The Morgan fingerprint density at radius 1 is 1.15 bits per heavy atom. The average Bonchev–Trinajstić information content (AvgIpc) is 1.94. The van der Waals surface area contributed by atoms with Gasteiger partial charge in [0.2, 0.25) is 0 Å². The molecule has 0 saturated heterocycles. The zero-order chi connectivity index (χ0) is 10.2. The maximum absolute atomic E-state index is 12.7. The molecule has 0 bridgehead atoms. The molecule has 0 aliphatic heterocycles. The predicted octanol–water partition coefficient (Wildman–Crippen LogP) is 3.73. The van der Waals surface area contributed by atoms with Gasteiger partial charge in [-0.15, -0.1) is 0 Å². The summed E-state index contributed by atoms with van der Waals surface area (Å²) in [5.41, 5.74) is -0.715. The molecule has 0 radical (unpaired) electrons. The van der Waals surface area contributed by atoms with Crippen molar-refractivity contribution in [2.45, 2.75) is 12.8 Å². The number of hydrogen-bond donors (Lipinski definition) is 0. The van der Waals surface area contributed by atoms with Gasteiger partial charge in [-0.25, -0.2) is 17.6 Å². The van der Waals surface area contributed by atoms with Crippen LogP contribution in [0.2, 0.25) is 5.02 Å². The average molecular weight is 213 g/mol. The maximum atomic E-state index is 12.7. The summed E-state index contributed by atoms with van der Waals surface area (Å²) in [5, 5.41) is -0.480. The van der Waals surface area contributed by atoms with Crippen molar-refractivity contribution in [3.63, 3.8) is 0 Å². The van der Waals surface area contributed by atoms with Crippen LogP contribution in [0.5, 0.6) is 0 Å². The fourth-order valence-electron chi connectivity index (χ4n) is 0.859. The number of alkyl halides is 2. The minimum absolute atomic E-state index is 0.400. The van der Waals surface area contributed by atoms with Crippen molar-refractivity contribution >= 4 is 11.6 Å². The molecule has 0 heterocycles. The number of rotatable bonds is 1. The lowest BCUT2D eigenvalue weighted by atomic mass is 10.1. The summed E-state index contributed by atoms with van der Waals surface area (Å²) in [4.78, 5) is 0. The summed E-state index contributed by atoms with van der Waals surface area (Å²) < 4.78 is 50.3. The normalized spacial score (nSPS) is 11.8. The molecule has 0 atom stereocenters. The van der Waals surface area contributed by atoms with Gasteiger partial charge in [0.25, 0.3) is 5.92 Å². The van der Waals surface area contributed by atoms with Crippen molar-refractivity contribution in [2.24, 2.45) is 0 Å². The van der Waals surface area contributed by atoms with Crippen molar-refractivity contribution < 1.29 is 17.6 Å². The Bertz CT molecular complexity index is 330. The van der Waals surface area contributed by atoms with E-state index in [4.69, 9.17) is 11.6 Å². The van der Waals surface area contributed by atoms with Gasteiger partial charge in [-0.2, -0.15) is 0 Å². The van der Waals surface area contributed by atoms with E-state index in [1.165, 1.54) is 0 Å². The standard InChI is InChI=1S/C8H5ClF4/c1-8(12,13)4-2-6(10)7(11)3-5(4)9/h2-3H,1H3. The molecule has 1 rings (SSSR count). The summed E-state index contributed by atoms with van der Waals surface area (Å²) in [5.74, 6) is -5.84. The first kappa shape index (κ1) is 10.3. The van der Waals surface area contributed by atoms with E-state index < -0.39 is 28.1 Å². The van der Waals surface area contributed by atoms with Crippen molar-refractivity contribution in [2.75, 3.05) is 0 Å². The third-order valence-corrected chi connectivity index (χ3v) is 1.80. The van der Waals surface area contributed by atoms with E-state index in [1.54, 1.807) is 0 Å². The molecule has 1 aromatic rings. The summed E-state index contributed by atoms with van der Waals surface area (Å²) >= 11 is 5.30. The van der Waals surface area contributed by atoms with Crippen molar-refractivity contribution in [1.29, 1.82) is 0 Å². The van der Waals surface area contributed by atoms with Gasteiger partial charge in [0, 0.05) is 12.5 Å². The number of benzene rings is 1. The summed E-state index contributed by atoms with van der Waals surface area (Å²) in [6.45, 7) is 0.561. The van der Waals surface area contributed by atoms with E-state index in [2.05, 4.69) is 0 Å². The zero-order valence-corrected chi connectivity index (χ0v) is 7.30. The molecular weight excluding hydrogens is 208 g/mol. The van der Waals surface area contributed by atoms with Crippen molar-refractivity contribution in [3.05, 3.63) is 34.4 Å². The maximum Gasteiger partial charge on any atom is 0.272 e. The Balaban J connectivity index is 3.32. The van der Waals surface area contributed by atoms with Gasteiger partial charge in [-0.1, -0.05) is 11.6 Å². The topological polar surface area (TPSA) is 0 Å². The van der Waals surface area contributed by atoms with Crippen molar-refractivity contribution in [3.8, 4) is 0 Å². The highest BCUT2D eigenvalue weighted by Crippen LogP contribution is 2.33. The smallest absolute Gasteiger partial charge is 0.204 e. The van der Waals surface area contributed by atoms with E-state index in [-0.39, 0.29) is 0 Å². The molecule has 0 aliphatic carbocycles. The lowest BCUT2D eigenvalue weighted by Gasteiger charge is -2.12. The predicted molar refractivity (Wildman–Crippen MR) is 40.9 cm³/mol. The fourth-order valence-corrected chi connectivity index (χ4v) is 1.18. The highest BCUT2D eigenvalue weighted by molar-refractivity contribution is 6.31. The monoisotopic (exact) mass is 212 g/mol. The minimum Gasteiger partial charge on any atom is -0.204 e. The summed E-state index contributed by atoms with van der Waals surface area (Å²) in [7, 11) is 0. The zero-order valence-electron chi connectivity index (χ0n) is 6.54. The molecule has 0 aromatic heterocycles. The van der Waals surface area contributed by atoms with Crippen LogP contribution in [-0.2, 0) is 5.92 Å². The number of halogens is 5. The molecule has 72 valence electrons. The van der Waals surface area contributed by atoms with Crippen LogP contribution in [0.3, 0.4) is 0 Å². The molecule has 1 aromatic carbocycles. The highest BCUT2D eigenvalue weighted by atomic mass is 35.5. The first-order valence-electron chi connectivity index (χ1n) is 3.35. The van der Waals surface area contributed by atoms with Crippen LogP contribution in [0, 0.1) is 11.6 Å². The molecule has 0 unspecified atom stereocenters. The van der Waals surface area contributed by atoms with Crippen LogP contribution in [0.4, 0.5) is 17.6 Å². The van der Waals surface area contributed by atoms with Crippen LogP contribution in [0.15, 0.2) is 12.1 Å². The largest absolute Gasteiger partial charge is 0.272 e. The fraction of sp³-hybridized carbons (Fsp3) is 0.250. The Labute approximate surface area is 77.1 Å². The third kappa shape index (κ3) is 2.12. The first-order chi connectivity index (χ1) is 5.82. The highest BCUT2D eigenvalue weighted by Gasteiger charge is 2.28. The Morgan fingerprint density at radius 3 is 2.08 bits per heavy atom. The molecule has 0 spiro atoms. The van der Waals surface area contributed by atoms with Gasteiger partial charge in [0.15, 0.2) is 11.6 Å². The minimum atomic E-state index is -3.27. The lowest BCUT2D eigenvalue weighted by Crippen LogP contribution is -2.08. The van der Waals surface area contributed by atoms with Gasteiger partial charge in [0.05, 0.1) is 5.02 Å². The quantitative estimate of drug-likeness (QED) is 0.492. The molecule has 0 amide bonds. The van der Waals surface area contributed by atoms with Gasteiger partial charge in [-0.05, 0) is 12.1 Å². The molecule has 5 heteroatoms. The summed E-state index contributed by atoms with van der Waals surface area (Å²) in [6, 6.07) is 0.932. The molecule has 0 aliphatic rings. The summed E-state index contributed by atoms with van der Waals surface area (Å²) in [6.07, 6.45) is 0. The lowest BCUT2D eigenvalue weighted by molar-refractivity contribution is 0.0172. The van der Waals surface area contributed by atoms with Crippen LogP contribution in [0.25, 0.3) is 0 Å². The van der Waals surface area contributed by atoms with Crippen LogP contribution in [0.1, 0.15) is 12.5 Å². The third-order valence-electron chi connectivity index (χ3n) is 1.48. The van der Waals surface area contributed by atoms with Gasteiger partial charge >= 0.3 is 0 Å². The molecule has 0 fully saturated rings. The van der Waals surface area contributed by atoms with E-state index in [9.17, 15) is 17.6 Å². The van der Waals surface area contributed by atoms with Crippen LogP contribution >= 0.6 is 11.6 Å². The SMILES string of the molecule is CC(F)(F)c1cc(F)c(F)cc1Cl. The van der Waals surface area contributed by atoms with Gasteiger partial charge < -0.3 is 0 Å². The van der Waals surface area contributed by atoms with E-state index >= 15 is 0 Å². The van der Waals surface area contributed by atoms with E-state index in [0.29, 0.717) is 19.1 Å². The van der Waals surface area contributed by atoms with Gasteiger partial charge in [-0.3, -0.25) is 0 Å². The van der Waals surface area contributed by atoms with Gasteiger partial charge in [0.1, 0.15) is 0 Å². The molecule has 0 saturated carbocycles. The molecule has 0 nitrogen and oxygen atoms in total. The Hall–Kier alpha value is -0.770. The second-order valence-corrected chi connectivity index (χ2v) is 3.04. The van der Waals surface area contributed by atoms with Crippen LogP contribution in [-0.4, -0.2) is 0 Å². The Morgan fingerprint density at radius 2 is 1.62 bits per heavy atom. The van der Waals surface area contributed by atoms with Crippen molar-refractivity contribution in [1.82, 2.24) is 0 Å². The first-order valence-corrected chi connectivity index (χ1v) is 3.73. The van der Waals surface area contributed by atoms with E-state index in [1.807, 2.05) is 0 Å². The number of hydrogen-bond acceptors (Lipinski definition) is 0. The second-order valence-electron chi connectivity index (χ2n) is 2.63. The Kier molecular flexibility index (Phi) is 2.52. The second kappa shape index (κ2) is 3.18. The van der Waals surface area contributed by atoms with Crippen LogP contribution < -0.4 is 0 Å². The molecular formula is C8H5ClF4. The molecule has 0 N–H and O–H groups in total.